The van der Waals surface area contributed by atoms with Gasteiger partial charge in [0.05, 0.1) is 10.0 Å². The third-order valence-electron chi connectivity index (χ3n) is 2.31. The Morgan fingerprint density at radius 2 is 1.72 bits per heavy atom. The maximum Gasteiger partial charge on any atom is 0.150 e. The summed E-state index contributed by atoms with van der Waals surface area (Å²) >= 11 is 23.7. The molecule has 2 rings (SSSR count). The van der Waals surface area contributed by atoms with Gasteiger partial charge in [0.15, 0.2) is 6.29 Å². The fraction of sp³-hybridized carbons (Fsp3) is 0. The molecule has 0 saturated carbocycles. The molecule has 1 aromatic carbocycles. The second-order valence-electron chi connectivity index (χ2n) is 3.46. The highest BCUT2D eigenvalue weighted by Crippen LogP contribution is 2.37. The molecular weight excluding hydrogens is 316 g/mol. The predicted molar refractivity (Wildman–Crippen MR) is 75.1 cm³/mol. The van der Waals surface area contributed by atoms with Crippen molar-refractivity contribution in [3.05, 3.63) is 50.2 Å². The Morgan fingerprint density at radius 3 is 2.39 bits per heavy atom. The first-order chi connectivity index (χ1) is 8.52. The van der Waals surface area contributed by atoms with Gasteiger partial charge in [0, 0.05) is 27.9 Å². The average Bonchev–Trinajstić information content (AvgIpc) is 2.34. The molecule has 0 bridgehead atoms. The Morgan fingerprint density at radius 1 is 1.00 bits per heavy atom. The lowest BCUT2D eigenvalue weighted by atomic mass is 10.0. The van der Waals surface area contributed by atoms with Crippen LogP contribution in [0.4, 0.5) is 0 Å². The molecule has 92 valence electrons. The molecule has 0 radical (unpaired) electrons. The highest BCUT2D eigenvalue weighted by Gasteiger charge is 2.13. The van der Waals surface area contributed by atoms with Gasteiger partial charge in [0.25, 0.3) is 0 Å². The lowest BCUT2D eigenvalue weighted by molar-refractivity contribution is 0.112. The van der Waals surface area contributed by atoms with Crippen LogP contribution in [0.5, 0.6) is 0 Å². The van der Waals surface area contributed by atoms with Gasteiger partial charge in [0.1, 0.15) is 5.15 Å². The number of hydrogen-bond acceptors (Lipinski definition) is 2. The van der Waals surface area contributed by atoms with Gasteiger partial charge < -0.3 is 0 Å². The van der Waals surface area contributed by atoms with E-state index in [4.69, 9.17) is 46.4 Å². The van der Waals surface area contributed by atoms with Crippen LogP contribution in [0.3, 0.4) is 0 Å². The zero-order valence-corrected chi connectivity index (χ0v) is 11.8. The minimum absolute atomic E-state index is 0.227. The minimum atomic E-state index is 0.227. The summed E-state index contributed by atoms with van der Waals surface area (Å²) in [5.41, 5.74) is 1.44. The fourth-order valence-electron chi connectivity index (χ4n) is 1.52. The Bertz CT molecular complexity index is 628. The molecule has 0 N–H and O–H groups in total. The topological polar surface area (TPSA) is 30.0 Å². The van der Waals surface area contributed by atoms with Crippen molar-refractivity contribution in [2.75, 3.05) is 0 Å². The third kappa shape index (κ3) is 2.62. The summed E-state index contributed by atoms with van der Waals surface area (Å²) < 4.78 is 0. The molecule has 0 unspecified atom stereocenters. The van der Waals surface area contributed by atoms with Crippen molar-refractivity contribution in [2.24, 2.45) is 0 Å². The SMILES string of the molecule is O=Cc1cc(Cl)ncc1-c1cc(Cl)cc(Cl)c1Cl. The number of pyridine rings is 1. The van der Waals surface area contributed by atoms with Crippen molar-refractivity contribution in [3.8, 4) is 11.1 Å². The van der Waals surface area contributed by atoms with Crippen molar-refractivity contribution in [1.29, 1.82) is 0 Å². The first-order valence-corrected chi connectivity index (χ1v) is 6.29. The Balaban J connectivity index is 2.72. The average molecular weight is 321 g/mol. The summed E-state index contributed by atoms with van der Waals surface area (Å²) in [6.45, 7) is 0. The van der Waals surface area contributed by atoms with Crippen molar-refractivity contribution in [2.45, 2.75) is 0 Å². The number of halogens is 4. The Hall–Kier alpha value is -0.800. The van der Waals surface area contributed by atoms with Crippen LogP contribution in [0.25, 0.3) is 11.1 Å². The molecule has 1 aromatic heterocycles. The summed E-state index contributed by atoms with van der Waals surface area (Å²) in [7, 11) is 0. The van der Waals surface area contributed by atoms with Crippen LogP contribution < -0.4 is 0 Å². The van der Waals surface area contributed by atoms with E-state index in [2.05, 4.69) is 4.98 Å². The number of carbonyl (C=O) groups is 1. The normalized spacial score (nSPS) is 10.4. The van der Waals surface area contributed by atoms with E-state index in [0.717, 1.165) is 0 Å². The van der Waals surface area contributed by atoms with Crippen molar-refractivity contribution in [1.82, 2.24) is 4.98 Å². The maximum absolute atomic E-state index is 11.0. The van der Waals surface area contributed by atoms with Crippen molar-refractivity contribution < 1.29 is 4.79 Å². The highest BCUT2D eigenvalue weighted by molar-refractivity contribution is 6.45. The molecule has 2 aromatic rings. The van der Waals surface area contributed by atoms with Crippen LogP contribution in [-0.4, -0.2) is 11.3 Å². The quantitative estimate of drug-likeness (QED) is 0.434. The number of aldehydes is 1. The van der Waals surface area contributed by atoms with Crippen LogP contribution in [0.2, 0.25) is 20.2 Å². The largest absolute Gasteiger partial charge is 0.298 e. The summed E-state index contributed by atoms with van der Waals surface area (Å²) in [6, 6.07) is 4.60. The van der Waals surface area contributed by atoms with E-state index in [0.29, 0.717) is 38.0 Å². The van der Waals surface area contributed by atoms with Gasteiger partial charge in [0.2, 0.25) is 0 Å². The van der Waals surface area contributed by atoms with Crippen molar-refractivity contribution in [3.63, 3.8) is 0 Å². The second-order valence-corrected chi connectivity index (χ2v) is 5.07. The van der Waals surface area contributed by atoms with E-state index >= 15 is 0 Å². The number of carbonyl (C=O) groups excluding carboxylic acids is 1. The van der Waals surface area contributed by atoms with Gasteiger partial charge in [-0.15, -0.1) is 0 Å². The van der Waals surface area contributed by atoms with E-state index in [-0.39, 0.29) is 5.15 Å². The minimum Gasteiger partial charge on any atom is -0.298 e. The molecule has 0 aliphatic carbocycles. The van der Waals surface area contributed by atoms with Crippen LogP contribution in [0.1, 0.15) is 10.4 Å². The molecule has 0 saturated heterocycles. The van der Waals surface area contributed by atoms with Crippen LogP contribution in [-0.2, 0) is 0 Å². The van der Waals surface area contributed by atoms with Gasteiger partial charge >= 0.3 is 0 Å². The standard InChI is InChI=1S/C12H5Cl4NO/c13-7-2-8(12(16)10(14)3-7)9-4-17-11(15)1-6(9)5-18/h1-5H. The monoisotopic (exact) mass is 319 g/mol. The fourth-order valence-corrected chi connectivity index (χ4v) is 2.39. The lowest BCUT2D eigenvalue weighted by Gasteiger charge is -2.09. The summed E-state index contributed by atoms with van der Waals surface area (Å²) in [5.74, 6) is 0. The first kappa shape index (κ1) is 13.6. The molecule has 1 heterocycles. The van der Waals surface area contributed by atoms with E-state index in [9.17, 15) is 4.79 Å². The lowest BCUT2D eigenvalue weighted by Crippen LogP contribution is -1.91. The summed E-state index contributed by atoms with van der Waals surface area (Å²) in [5, 5.41) is 1.27. The zero-order chi connectivity index (χ0) is 13.3. The Kier molecular flexibility index (Phi) is 4.13. The molecule has 0 fully saturated rings. The number of hydrogen-bond donors (Lipinski definition) is 0. The van der Waals surface area contributed by atoms with Crippen molar-refractivity contribution >= 4 is 52.7 Å². The molecule has 2 nitrogen and oxygen atoms in total. The predicted octanol–water partition coefficient (Wildman–Crippen LogP) is 5.17. The van der Waals surface area contributed by atoms with Gasteiger partial charge in [-0.05, 0) is 18.2 Å². The van der Waals surface area contributed by atoms with Crippen LogP contribution in [0.15, 0.2) is 24.4 Å². The van der Waals surface area contributed by atoms with Gasteiger partial charge in [-0.2, -0.15) is 0 Å². The van der Waals surface area contributed by atoms with Gasteiger partial charge in [-0.3, -0.25) is 4.79 Å². The van der Waals surface area contributed by atoms with E-state index in [1.54, 1.807) is 6.07 Å². The smallest absolute Gasteiger partial charge is 0.150 e. The van der Waals surface area contributed by atoms with Crippen LogP contribution in [0, 0.1) is 0 Å². The van der Waals surface area contributed by atoms with E-state index in [1.807, 2.05) is 0 Å². The number of aromatic nitrogens is 1. The summed E-state index contributed by atoms with van der Waals surface area (Å²) in [4.78, 5) is 15.0. The zero-order valence-electron chi connectivity index (χ0n) is 8.75. The Labute approximate surface area is 123 Å². The maximum atomic E-state index is 11.0. The molecule has 6 heteroatoms. The van der Waals surface area contributed by atoms with Gasteiger partial charge in [-0.25, -0.2) is 4.98 Å². The number of rotatable bonds is 2. The first-order valence-electron chi connectivity index (χ1n) is 4.78. The highest BCUT2D eigenvalue weighted by atomic mass is 35.5. The molecular formula is C12H5Cl4NO. The van der Waals surface area contributed by atoms with E-state index in [1.165, 1.54) is 18.3 Å². The second kappa shape index (κ2) is 5.45. The molecule has 0 aliphatic heterocycles. The van der Waals surface area contributed by atoms with E-state index < -0.39 is 0 Å². The molecule has 0 aliphatic rings. The van der Waals surface area contributed by atoms with Crippen LogP contribution >= 0.6 is 46.4 Å². The molecule has 0 spiro atoms. The molecule has 0 atom stereocenters. The number of nitrogens with zero attached hydrogens (tertiary/aromatic N) is 1. The number of benzene rings is 1. The van der Waals surface area contributed by atoms with Gasteiger partial charge in [-0.1, -0.05) is 46.4 Å². The summed E-state index contributed by atoms with van der Waals surface area (Å²) in [6.07, 6.45) is 2.13. The molecule has 18 heavy (non-hydrogen) atoms. The third-order valence-corrected chi connectivity index (χ3v) is 3.54. The molecule has 0 amide bonds.